The molecule has 19 heavy (non-hydrogen) atoms. The number of thiazole rings is 1. The summed E-state index contributed by atoms with van der Waals surface area (Å²) in [4.78, 5) is 15.7. The van der Waals surface area contributed by atoms with Gasteiger partial charge in [0.15, 0.2) is 5.78 Å². The van der Waals surface area contributed by atoms with Crippen LogP contribution in [0.2, 0.25) is 0 Å². The fourth-order valence-electron chi connectivity index (χ4n) is 1.92. The Kier molecular flexibility index (Phi) is 4.16. The van der Waals surface area contributed by atoms with Gasteiger partial charge in [-0.05, 0) is 31.5 Å². The van der Waals surface area contributed by atoms with E-state index in [1.807, 2.05) is 11.4 Å². The van der Waals surface area contributed by atoms with E-state index >= 15 is 0 Å². The number of aromatic nitrogens is 1. The van der Waals surface area contributed by atoms with Gasteiger partial charge >= 0.3 is 0 Å². The zero-order valence-corrected chi connectivity index (χ0v) is 11.8. The Morgan fingerprint density at radius 3 is 2.84 bits per heavy atom. The highest BCUT2D eigenvalue weighted by atomic mass is 32.1. The molecule has 2 aromatic rings. The molecule has 1 aromatic heterocycles. The van der Waals surface area contributed by atoms with Crippen LogP contribution in [0.4, 0.5) is 11.4 Å². The van der Waals surface area contributed by atoms with Crippen molar-refractivity contribution in [3.63, 3.8) is 0 Å². The van der Waals surface area contributed by atoms with Gasteiger partial charge in [-0.3, -0.25) is 4.79 Å². The number of nitrogens with two attached hydrogens (primary N) is 1. The summed E-state index contributed by atoms with van der Waals surface area (Å²) in [6.07, 6.45) is 2.74. The second-order valence-electron chi connectivity index (χ2n) is 4.33. The first-order valence-corrected chi connectivity index (χ1v) is 7.06. The van der Waals surface area contributed by atoms with Crippen LogP contribution in [0.1, 0.15) is 41.7 Å². The minimum atomic E-state index is -0.0176. The Morgan fingerprint density at radius 1 is 1.53 bits per heavy atom. The van der Waals surface area contributed by atoms with Gasteiger partial charge in [0, 0.05) is 28.5 Å². The lowest BCUT2D eigenvalue weighted by Gasteiger charge is -2.16. The molecule has 3 N–H and O–H groups in total. The number of carbonyl (C=O) groups excluding carboxylic acids is 1. The first kappa shape index (κ1) is 13.5. The average Bonchev–Trinajstić information content (AvgIpc) is 2.89. The van der Waals surface area contributed by atoms with E-state index < -0.39 is 0 Å². The summed E-state index contributed by atoms with van der Waals surface area (Å²) in [5.74, 6) is -0.0176. The molecule has 0 bridgehead atoms. The molecule has 0 aliphatic rings. The van der Waals surface area contributed by atoms with Crippen molar-refractivity contribution in [2.75, 3.05) is 11.1 Å². The molecule has 0 saturated carbocycles. The van der Waals surface area contributed by atoms with Crippen molar-refractivity contribution in [2.24, 2.45) is 0 Å². The van der Waals surface area contributed by atoms with Crippen molar-refractivity contribution in [1.82, 2.24) is 4.98 Å². The Bertz CT molecular complexity index is 566. The van der Waals surface area contributed by atoms with E-state index in [1.165, 1.54) is 6.92 Å². The van der Waals surface area contributed by atoms with Gasteiger partial charge in [-0.2, -0.15) is 0 Å². The summed E-state index contributed by atoms with van der Waals surface area (Å²) < 4.78 is 0. The molecule has 0 aliphatic carbocycles. The number of hydrogen-bond acceptors (Lipinski definition) is 5. The van der Waals surface area contributed by atoms with Crippen molar-refractivity contribution < 1.29 is 4.79 Å². The molecule has 4 nitrogen and oxygen atoms in total. The normalized spacial score (nSPS) is 12.1. The fraction of sp³-hybridized carbons (Fsp3) is 0.286. The van der Waals surface area contributed by atoms with Crippen molar-refractivity contribution >= 4 is 28.5 Å². The summed E-state index contributed by atoms with van der Waals surface area (Å²) in [5, 5.41) is 6.41. The Labute approximate surface area is 116 Å². The second kappa shape index (κ2) is 5.84. The van der Waals surface area contributed by atoms with Crippen LogP contribution < -0.4 is 11.1 Å². The highest BCUT2D eigenvalue weighted by Gasteiger charge is 2.12. The van der Waals surface area contributed by atoms with Crippen LogP contribution >= 0.6 is 11.3 Å². The van der Waals surface area contributed by atoms with Crippen molar-refractivity contribution in [1.29, 1.82) is 0 Å². The number of rotatable bonds is 5. The van der Waals surface area contributed by atoms with Crippen LogP contribution in [0.5, 0.6) is 0 Å². The van der Waals surface area contributed by atoms with Crippen LogP contribution in [0.25, 0.3) is 0 Å². The maximum absolute atomic E-state index is 11.3. The molecule has 0 fully saturated rings. The standard InChI is InChI=1S/C14H17N3OS/c1-3-13(14-16-6-7-19-14)17-10-4-5-11(9(2)18)12(15)8-10/h4-8,13,17H,3,15H2,1-2H3. The first-order chi connectivity index (χ1) is 9.11. The second-order valence-corrected chi connectivity index (χ2v) is 5.26. The predicted octanol–water partition coefficient (Wildman–Crippen LogP) is 3.49. The average molecular weight is 275 g/mol. The Balaban J connectivity index is 2.19. The van der Waals surface area contributed by atoms with Gasteiger partial charge in [0.25, 0.3) is 0 Å². The van der Waals surface area contributed by atoms with Gasteiger partial charge in [0.05, 0.1) is 6.04 Å². The smallest absolute Gasteiger partial charge is 0.161 e. The molecule has 5 heteroatoms. The Hall–Kier alpha value is -1.88. The molecule has 0 aliphatic heterocycles. The third-order valence-corrected chi connectivity index (χ3v) is 3.82. The van der Waals surface area contributed by atoms with Crippen molar-refractivity contribution in [3.8, 4) is 0 Å². The lowest BCUT2D eigenvalue weighted by atomic mass is 10.1. The summed E-state index contributed by atoms with van der Waals surface area (Å²) in [7, 11) is 0. The number of nitrogen functional groups attached to an aromatic ring is 1. The largest absolute Gasteiger partial charge is 0.398 e. The zero-order chi connectivity index (χ0) is 13.8. The lowest BCUT2D eigenvalue weighted by molar-refractivity contribution is 0.101. The summed E-state index contributed by atoms with van der Waals surface area (Å²) in [5.41, 5.74) is 7.86. The fourth-order valence-corrected chi connectivity index (χ4v) is 2.69. The predicted molar refractivity (Wildman–Crippen MR) is 79.6 cm³/mol. The number of carbonyl (C=O) groups is 1. The number of hydrogen-bond donors (Lipinski definition) is 2. The maximum atomic E-state index is 11.3. The number of nitrogens with one attached hydrogen (secondary N) is 1. The highest BCUT2D eigenvalue weighted by Crippen LogP contribution is 2.26. The van der Waals surface area contributed by atoms with Gasteiger partial charge in [0.1, 0.15) is 5.01 Å². The molecular formula is C14H17N3OS. The summed E-state index contributed by atoms with van der Waals surface area (Å²) >= 11 is 1.63. The van der Waals surface area contributed by atoms with E-state index in [9.17, 15) is 4.79 Å². The van der Waals surface area contributed by atoms with Crippen LogP contribution in [0.15, 0.2) is 29.8 Å². The van der Waals surface area contributed by atoms with Crippen molar-refractivity contribution in [3.05, 3.63) is 40.3 Å². The third-order valence-electron chi connectivity index (χ3n) is 2.93. The van der Waals surface area contributed by atoms with E-state index in [-0.39, 0.29) is 11.8 Å². The molecular weight excluding hydrogens is 258 g/mol. The van der Waals surface area contributed by atoms with Crippen LogP contribution in [-0.2, 0) is 0 Å². The van der Waals surface area contributed by atoms with E-state index in [4.69, 9.17) is 5.73 Å². The van der Waals surface area contributed by atoms with Crippen LogP contribution in [0, 0.1) is 0 Å². The van der Waals surface area contributed by atoms with Crippen LogP contribution in [0.3, 0.4) is 0 Å². The molecule has 2 rings (SSSR count). The first-order valence-electron chi connectivity index (χ1n) is 6.18. The Morgan fingerprint density at radius 2 is 2.32 bits per heavy atom. The quantitative estimate of drug-likeness (QED) is 0.647. The molecule has 1 atom stereocenters. The minimum absolute atomic E-state index is 0.0176. The monoisotopic (exact) mass is 275 g/mol. The number of ketones is 1. The SMILES string of the molecule is CCC(Nc1ccc(C(C)=O)c(N)c1)c1nccs1. The van der Waals surface area contributed by atoms with Gasteiger partial charge < -0.3 is 11.1 Å². The van der Waals surface area contributed by atoms with E-state index in [0.717, 1.165) is 17.1 Å². The zero-order valence-electron chi connectivity index (χ0n) is 11.0. The number of benzene rings is 1. The maximum Gasteiger partial charge on any atom is 0.161 e. The molecule has 0 amide bonds. The molecule has 1 heterocycles. The van der Waals surface area contributed by atoms with Gasteiger partial charge in [-0.25, -0.2) is 4.98 Å². The number of nitrogens with zero attached hydrogens (tertiary/aromatic N) is 1. The summed E-state index contributed by atoms with van der Waals surface area (Å²) in [6.45, 7) is 3.62. The van der Waals surface area contributed by atoms with Crippen molar-refractivity contribution in [2.45, 2.75) is 26.3 Å². The summed E-state index contributed by atoms with van der Waals surface area (Å²) in [6, 6.07) is 5.60. The molecule has 1 aromatic carbocycles. The molecule has 0 spiro atoms. The third kappa shape index (κ3) is 3.12. The molecule has 0 radical (unpaired) electrons. The lowest BCUT2D eigenvalue weighted by Crippen LogP contribution is -2.10. The van der Waals surface area contributed by atoms with Crippen LogP contribution in [-0.4, -0.2) is 10.8 Å². The van der Waals surface area contributed by atoms with E-state index in [2.05, 4.69) is 17.2 Å². The van der Waals surface area contributed by atoms with Gasteiger partial charge in [-0.1, -0.05) is 6.92 Å². The van der Waals surface area contributed by atoms with Gasteiger partial charge in [-0.15, -0.1) is 11.3 Å². The number of anilines is 2. The minimum Gasteiger partial charge on any atom is -0.398 e. The van der Waals surface area contributed by atoms with E-state index in [0.29, 0.717) is 11.3 Å². The topological polar surface area (TPSA) is 68.0 Å². The molecule has 0 saturated heterocycles. The molecule has 100 valence electrons. The highest BCUT2D eigenvalue weighted by molar-refractivity contribution is 7.09. The van der Waals surface area contributed by atoms with Gasteiger partial charge in [0.2, 0.25) is 0 Å². The molecule has 1 unspecified atom stereocenters. The van der Waals surface area contributed by atoms with E-state index in [1.54, 1.807) is 29.7 Å². The number of Topliss-reactive ketones (excluding diaryl/α,β-unsaturated/α-hetero) is 1.